The number of aromatic nitrogens is 1. The zero-order valence-electron chi connectivity index (χ0n) is 7.95. The molecule has 17 heavy (non-hydrogen) atoms. The van der Waals surface area contributed by atoms with Crippen molar-refractivity contribution in [3.63, 3.8) is 0 Å². The Hall–Kier alpha value is -2.32. The molecule has 0 unspecified atom stereocenters. The van der Waals surface area contributed by atoms with Gasteiger partial charge >= 0.3 is 18.1 Å². The highest BCUT2D eigenvalue weighted by Crippen LogP contribution is 2.24. The van der Waals surface area contributed by atoms with Crippen molar-refractivity contribution in [3.8, 4) is 5.75 Å². The number of hydrogen-bond acceptors (Lipinski definition) is 4. The van der Waals surface area contributed by atoms with E-state index < -0.39 is 35.2 Å². The largest absolute Gasteiger partial charge is 0.504 e. The molecule has 0 aliphatic carbocycles. The van der Waals surface area contributed by atoms with Crippen molar-refractivity contribution in [2.75, 3.05) is 5.32 Å². The molecular formula is C8H5F3N2O4. The molecule has 0 atom stereocenters. The number of carboxylic acid groups (broad SMARTS) is 1. The predicted octanol–water partition coefficient (Wildman–Crippen LogP) is 0.986. The van der Waals surface area contributed by atoms with Crippen LogP contribution in [0.5, 0.6) is 5.75 Å². The maximum Gasteiger partial charge on any atom is 0.471 e. The molecule has 0 aromatic carbocycles. The van der Waals surface area contributed by atoms with Gasteiger partial charge < -0.3 is 10.2 Å². The monoisotopic (exact) mass is 250 g/mol. The summed E-state index contributed by atoms with van der Waals surface area (Å²) in [6.07, 6.45) is -4.42. The average Bonchev–Trinajstić information content (AvgIpc) is 2.19. The highest BCUT2D eigenvalue weighted by atomic mass is 19.4. The highest BCUT2D eigenvalue weighted by Gasteiger charge is 2.39. The van der Waals surface area contributed by atoms with Crippen LogP contribution < -0.4 is 5.32 Å². The number of nitrogens with zero attached hydrogens (tertiary/aromatic N) is 1. The van der Waals surface area contributed by atoms with E-state index in [2.05, 4.69) is 4.98 Å². The first-order valence-electron chi connectivity index (χ1n) is 4.02. The van der Waals surface area contributed by atoms with E-state index in [1.807, 2.05) is 0 Å². The lowest BCUT2D eigenvalue weighted by molar-refractivity contribution is -0.167. The van der Waals surface area contributed by atoms with Gasteiger partial charge in [0.15, 0.2) is 11.6 Å². The number of anilines is 1. The van der Waals surface area contributed by atoms with Crippen LogP contribution in [0, 0.1) is 0 Å². The third-order valence-corrected chi connectivity index (χ3v) is 1.60. The number of halogens is 3. The van der Waals surface area contributed by atoms with Gasteiger partial charge in [0.05, 0.1) is 5.56 Å². The molecule has 0 bridgehead atoms. The summed E-state index contributed by atoms with van der Waals surface area (Å²) < 4.78 is 35.6. The van der Waals surface area contributed by atoms with Crippen LogP contribution >= 0.6 is 0 Å². The molecule has 0 aliphatic rings. The highest BCUT2D eigenvalue weighted by molar-refractivity contribution is 5.96. The summed E-state index contributed by atoms with van der Waals surface area (Å²) in [7, 11) is 0. The lowest BCUT2D eigenvalue weighted by atomic mass is 10.2. The van der Waals surface area contributed by atoms with E-state index >= 15 is 0 Å². The molecule has 92 valence electrons. The molecule has 0 radical (unpaired) electrons. The van der Waals surface area contributed by atoms with Gasteiger partial charge in [-0.25, -0.2) is 9.78 Å². The van der Waals surface area contributed by atoms with Crippen LogP contribution in [0.4, 0.5) is 19.0 Å². The van der Waals surface area contributed by atoms with Crippen molar-refractivity contribution in [3.05, 3.63) is 17.8 Å². The molecule has 9 heteroatoms. The second-order valence-electron chi connectivity index (χ2n) is 2.85. The Labute approximate surface area is 91.7 Å². The van der Waals surface area contributed by atoms with Gasteiger partial charge in [0, 0.05) is 6.20 Å². The Morgan fingerprint density at radius 1 is 1.35 bits per heavy atom. The van der Waals surface area contributed by atoms with E-state index in [1.54, 1.807) is 0 Å². The Kier molecular flexibility index (Phi) is 3.21. The minimum atomic E-state index is -5.13. The molecule has 0 aliphatic heterocycles. The first-order valence-corrected chi connectivity index (χ1v) is 4.02. The van der Waals surface area contributed by atoms with Crippen LogP contribution in [-0.4, -0.2) is 33.2 Å². The predicted molar refractivity (Wildman–Crippen MR) is 47.5 cm³/mol. The van der Waals surface area contributed by atoms with Crippen LogP contribution in [0.3, 0.4) is 0 Å². The molecule has 1 rings (SSSR count). The van der Waals surface area contributed by atoms with E-state index in [4.69, 9.17) is 10.2 Å². The molecule has 0 saturated heterocycles. The van der Waals surface area contributed by atoms with E-state index in [-0.39, 0.29) is 0 Å². The number of carbonyl (C=O) groups is 2. The van der Waals surface area contributed by atoms with Gasteiger partial charge in [-0.1, -0.05) is 0 Å². The van der Waals surface area contributed by atoms with E-state index in [0.717, 1.165) is 0 Å². The molecule has 3 N–H and O–H groups in total. The number of carbonyl (C=O) groups excluding carboxylic acids is 1. The van der Waals surface area contributed by atoms with E-state index in [9.17, 15) is 22.8 Å². The molecule has 1 aromatic rings. The molecule has 0 saturated carbocycles. The number of nitrogens with one attached hydrogen (secondary N) is 1. The van der Waals surface area contributed by atoms with Crippen molar-refractivity contribution in [2.45, 2.75) is 6.18 Å². The summed E-state index contributed by atoms with van der Waals surface area (Å²) in [5.41, 5.74) is -0.424. The fraction of sp³-hybridized carbons (Fsp3) is 0.125. The second-order valence-corrected chi connectivity index (χ2v) is 2.85. The maximum atomic E-state index is 11.9. The average molecular weight is 250 g/mol. The number of amides is 1. The molecule has 1 amide bonds. The van der Waals surface area contributed by atoms with Crippen molar-refractivity contribution in [1.82, 2.24) is 4.98 Å². The summed E-state index contributed by atoms with van der Waals surface area (Å²) in [5.74, 6) is -5.37. The Morgan fingerprint density at radius 3 is 2.35 bits per heavy atom. The molecule has 0 spiro atoms. The zero-order valence-corrected chi connectivity index (χ0v) is 7.95. The Morgan fingerprint density at radius 2 is 1.94 bits per heavy atom. The second kappa shape index (κ2) is 4.28. The maximum absolute atomic E-state index is 11.9. The summed E-state index contributed by atoms with van der Waals surface area (Å²) in [5, 5.41) is 18.9. The molecule has 0 fully saturated rings. The molecule has 1 aromatic heterocycles. The van der Waals surface area contributed by atoms with Crippen LogP contribution in [0.1, 0.15) is 10.4 Å². The number of carboxylic acids is 1. The molecule has 1 heterocycles. The van der Waals surface area contributed by atoms with Crippen molar-refractivity contribution >= 4 is 17.7 Å². The SMILES string of the molecule is O=C(O)c1cnc(NC(=O)C(F)(F)F)c(O)c1. The number of rotatable bonds is 2. The summed E-state index contributed by atoms with van der Waals surface area (Å²) >= 11 is 0. The first-order chi connectivity index (χ1) is 7.71. The van der Waals surface area contributed by atoms with Crippen LogP contribution in [-0.2, 0) is 4.79 Å². The summed E-state index contributed by atoms with van der Waals surface area (Å²) in [6, 6.07) is 0.668. The quantitative estimate of drug-likeness (QED) is 0.726. The van der Waals surface area contributed by atoms with Gasteiger partial charge in [-0.2, -0.15) is 13.2 Å². The number of alkyl halides is 3. The minimum Gasteiger partial charge on any atom is -0.504 e. The van der Waals surface area contributed by atoms with Gasteiger partial charge in [0.25, 0.3) is 0 Å². The summed E-state index contributed by atoms with van der Waals surface area (Å²) in [4.78, 5) is 24.1. The van der Waals surface area contributed by atoms with Gasteiger partial charge in [0.2, 0.25) is 0 Å². The van der Waals surface area contributed by atoms with Crippen LogP contribution in [0.2, 0.25) is 0 Å². The zero-order chi connectivity index (χ0) is 13.2. The number of pyridine rings is 1. The smallest absolute Gasteiger partial charge is 0.471 e. The van der Waals surface area contributed by atoms with E-state index in [0.29, 0.717) is 12.3 Å². The summed E-state index contributed by atoms with van der Waals surface area (Å²) in [6.45, 7) is 0. The van der Waals surface area contributed by atoms with Gasteiger partial charge in [-0.3, -0.25) is 10.1 Å². The topological polar surface area (TPSA) is 99.5 Å². The minimum absolute atomic E-state index is 0.424. The Balaban J connectivity index is 2.95. The third-order valence-electron chi connectivity index (χ3n) is 1.60. The van der Waals surface area contributed by atoms with Gasteiger partial charge in [-0.15, -0.1) is 0 Å². The van der Waals surface area contributed by atoms with E-state index in [1.165, 1.54) is 5.32 Å². The first kappa shape index (κ1) is 12.7. The van der Waals surface area contributed by atoms with Crippen LogP contribution in [0.25, 0.3) is 0 Å². The number of hydrogen-bond donors (Lipinski definition) is 3. The molecular weight excluding hydrogens is 245 g/mol. The van der Waals surface area contributed by atoms with Crippen molar-refractivity contribution in [1.29, 1.82) is 0 Å². The van der Waals surface area contributed by atoms with Crippen LogP contribution in [0.15, 0.2) is 12.3 Å². The standard InChI is InChI=1S/C8H5F3N2O4/c9-8(10,11)7(17)13-5-4(14)1-3(2-12-5)6(15)16/h1-2,14H,(H,15,16)(H,12,13,17). The molecule has 6 nitrogen and oxygen atoms in total. The lowest BCUT2D eigenvalue weighted by Crippen LogP contribution is -2.30. The fourth-order valence-electron chi connectivity index (χ4n) is 0.845. The lowest BCUT2D eigenvalue weighted by Gasteiger charge is -2.08. The normalized spacial score (nSPS) is 11.0. The fourth-order valence-corrected chi connectivity index (χ4v) is 0.845. The third kappa shape index (κ3) is 3.06. The number of aromatic hydroxyl groups is 1. The van der Waals surface area contributed by atoms with Gasteiger partial charge in [-0.05, 0) is 6.07 Å². The van der Waals surface area contributed by atoms with Crippen molar-refractivity contribution < 1.29 is 33.0 Å². The van der Waals surface area contributed by atoms with Crippen molar-refractivity contribution in [2.24, 2.45) is 0 Å². The van der Waals surface area contributed by atoms with Gasteiger partial charge in [0.1, 0.15) is 0 Å². The number of aromatic carboxylic acids is 1. The Bertz CT molecular complexity index is 472.